The summed E-state index contributed by atoms with van der Waals surface area (Å²) in [6.45, 7) is 1.45. The zero-order valence-corrected chi connectivity index (χ0v) is 14.8. The van der Waals surface area contributed by atoms with Crippen molar-refractivity contribution < 1.29 is 24.2 Å². The van der Waals surface area contributed by atoms with E-state index in [4.69, 9.17) is 9.84 Å². The van der Waals surface area contributed by atoms with Gasteiger partial charge in [0.15, 0.2) is 5.78 Å². The Morgan fingerprint density at radius 1 is 1.42 bits per heavy atom. The lowest BCUT2D eigenvalue weighted by Gasteiger charge is -2.15. The SMILES string of the molecule is COC(=O)C1=C(Nc2ccc(C(C)=O)c(Br)c2)C(=O)N(CCO)C1. The Morgan fingerprint density at radius 2 is 2.12 bits per heavy atom. The standard InChI is InChI=1S/C16H17BrN2O5/c1-9(21)11-4-3-10(7-13(11)17)18-14-12(16(23)24-2)8-19(5-6-20)15(14)22/h3-4,7,18,20H,5-6,8H2,1-2H3. The van der Waals surface area contributed by atoms with Crippen molar-refractivity contribution in [2.75, 3.05) is 32.1 Å². The van der Waals surface area contributed by atoms with Crippen molar-refractivity contribution >= 4 is 39.3 Å². The maximum absolute atomic E-state index is 12.4. The minimum absolute atomic E-state index is 0.0705. The average Bonchev–Trinajstić information content (AvgIpc) is 2.84. The van der Waals surface area contributed by atoms with E-state index in [2.05, 4.69) is 21.2 Å². The molecule has 0 saturated carbocycles. The first-order valence-electron chi connectivity index (χ1n) is 7.18. The molecular formula is C16H17BrN2O5. The molecule has 24 heavy (non-hydrogen) atoms. The van der Waals surface area contributed by atoms with Gasteiger partial charge in [0.25, 0.3) is 5.91 Å². The Balaban J connectivity index is 2.33. The molecule has 1 aliphatic heterocycles. The normalized spacial score (nSPS) is 14.2. The molecule has 0 saturated heterocycles. The van der Waals surface area contributed by atoms with Gasteiger partial charge < -0.3 is 20.1 Å². The smallest absolute Gasteiger partial charge is 0.337 e. The van der Waals surface area contributed by atoms with Crippen LogP contribution in [0.1, 0.15) is 17.3 Å². The molecule has 1 aliphatic rings. The molecule has 2 N–H and O–H groups in total. The fraction of sp³-hybridized carbons (Fsp3) is 0.312. The largest absolute Gasteiger partial charge is 0.466 e. The number of carbonyl (C=O) groups is 3. The van der Waals surface area contributed by atoms with Gasteiger partial charge in [-0.2, -0.15) is 0 Å². The van der Waals surface area contributed by atoms with Gasteiger partial charge in [0, 0.05) is 22.3 Å². The molecule has 2 rings (SSSR count). The number of hydrogen-bond donors (Lipinski definition) is 2. The van der Waals surface area contributed by atoms with Gasteiger partial charge in [-0.1, -0.05) is 0 Å². The van der Waals surface area contributed by atoms with Crippen LogP contribution in [0.15, 0.2) is 33.9 Å². The highest BCUT2D eigenvalue weighted by Crippen LogP contribution is 2.26. The van der Waals surface area contributed by atoms with Crippen molar-refractivity contribution in [2.24, 2.45) is 0 Å². The second kappa shape index (κ2) is 7.59. The molecule has 7 nitrogen and oxygen atoms in total. The Labute approximate surface area is 147 Å². The number of rotatable bonds is 6. The highest BCUT2D eigenvalue weighted by Gasteiger charge is 2.34. The highest BCUT2D eigenvalue weighted by atomic mass is 79.9. The Kier molecular flexibility index (Phi) is 5.74. The van der Waals surface area contributed by atoms with E-state index in [-0.39, 0.29) is 36.7 Å². The van der Waals surface area contributed by atoms with Crippen LogP contribution in [0.2, 0.25) is 0 Å². The molecule has 0 fully saturated rings. The predicted octanol–water partition coefficient (Wildman–Crippen LogP) is 1.33. The number of ketones is 1. The summed E-state index contributed by atoms with van der Waals surface area (Å²) in [6, 6.07) is 4.92. The van der Waals surface area contributed by atoms with Crippen LogP contribution in [0, 0.1) is 0 Å². The van der Waals surface area contributed by atoms with Crippen LogP contribution >= 0.6 is 15.9 Å². The first kappa shape index (κ1) is 18.2. The van der Waals surface area contributed by atoms with E-state index in [1.165, 1.54) is 18.9 Å². The fourth-order valence-electron chi connectivity index (χ4n) is 2.37. The number of benzene rings is 1. The maximum Gasteiger partial charge on any atom is 0.337 e. The number of aliphatic hydroxyl groups is 1. The molecule has 0 spiro atoms. The molecule has 0 aromatic heterocycles. The van der Waals surface area contributed by atoms with Crippen LogP contribution in [-0.2, 0) is 14.3 Å². The van der Waals surface area contributed by atoms with Crippen LogP contribution in [0.4, 0.5) is 5.69 Å². The van der Waals surface area contributed by atoms with Gasteiger partial charge in [0.05, 0.1) is 25.8 Å². The summed E-state index contributed by atoms with van der Waals surface area (Å²) >= 11 is 3.31. The lowest BCUT2D eigenvalue weighted by molar-refractivity contribution is -0.136. The molecular weight excluding hydrogens is 380 g/mol. The van der Waals surface area contributed by atoms with E-state index in [1.807, 2.05) is 0 Å². The summed E-state index contributed by atoms with van der Waals surface area (Å²) in [7, 11) is 1.24. The number of ether oxygens (including phenoxy) is 1. The lowest BCUT2D eigenvalue weighted by Crippen LogP contribution is -2.31. The third-order valence-electron chi connectivity index (χ3n) is 3.57. The molecule has 1 aromatic carbocycles. The molecule has 0 unspecified atom stereocenters. The summed E-state index contributed by atoms with van der Waals surface area (Å²) in [5.41, 5.74) is 1.37. The number of nitrogens with zero attached hydrogens (tertiary/aromatic N) is 1. The molecule has 0 atom stereocenters. The Hall–Kier alpha value is -2.19. The van der Waals surface area contributed by atoms with Crippen LogP contribution in [0.3, 0.4) is 0 Å². The summed E-state index contributed by atoms with van der Waals surface area (Å²) in [5, 5.41) is 12.0. The van der Waals surface area contributed by atoms with E-state index in [1.54, 1.807) is 18.2 Å². The molecule has 0 radical (unpaired) electrons. The number of methoxy groups -OCH3 is 1. The van der Waals surface area contributed by atoms with E-state index < -0.39 is 11.9 Å². The van der Waals surface area contributed by atoms with Crippen LogP contribution in [0.25, 0.3) is 0 Å². The number of carbonyl (C=O) groups excluding carboxylic acids is 3. The Bertz CT molecular complexity index is 729. The van der Waals surface area contributed by atoms with E-state index in [9.17, 15) is 14.4 Å². The molecule has 1 amide bonds. The van der Waals surface area contributed by atoms with Crippen molar-refractivity contribution in [2.45, 2.75) is 6.92 Å². The second-order valence-electron chi connectivity index (χ2n) is 5.17. The summed E-state index contributed by atoms with van der Waals surface area (Å²) < 4.78 is 5.30. The number of esters is 1. The van der Waals surface area contributed by atoms with Crippen molar-refractivity contribution in [3.8, 4) is 0 Å². The molecule has 8 heteroatoms. The van der Waals surface area contributed by atoms with Gasteiger partial charge in [-0.3, -0.25) is 9.59 Å². The number of amides is 1. The van der Waals surface area contributed by atoms with Crippen molar-refractivity contribution in [1.82, 2.24) is 4.90 Å². The molecule has 1 heterocycles. The number of Topliss-reactive ketones (excluding diaryl/α,β-unsaturated/α-hetero) is 1. The van der Waals surface area contributed by atoms with Crippen molar-refractivity contribution in [3.63, 3.8) is 0 Å². The van der Waals surface area contributed by atoms with Crippen LogP contribution < -0.4 is 5.32 Å². The number of nitrogens with one attached hydrogen (secondary N) is 1. The van der Waals surface area contributed by atoms with E-state index in [0.29, 0.717) is 15.7 Å². The summed E-state index contributed by atoms with van der Waals surface area (Å²) in [4.78, 5) is 37.1. The van der Waals surface area contributed by atoms with Gasteiger partial charge in [-0.25, -0.2) is 4.79 Å². The van der Waals surface area contributed by atoms with E-state index >= 15 is 0 Å². The third kappa shape index (κ3) is 3.65. The van der Waals surface area contributed by atoms with Gasteiger partial charge in [-0.05, 0) is 41.1 Å². The summed E-state index contributed by atoms with van der Waals surface area (Å²) in [6.07, 6.45) is 0. The Morgan fingerprint density at radius 3 is 2.67 bits per heavy atom. The summed E-state index contributed by atoms with van der Waals surface area (Å²) in [5.74, 6) is -1.09. The zero-order valence-electron chi connectivity index (χ0n) is 13.3. The van der Waals surface area contributed by atoms with Gasteiger partial charge in [0.1, 0.15) is 5.70 Å². The van der Waals surface area contributed by atoms with Gasteiger partial charge >= 0.3 is 5.97 Å². The van der Waals surface area contributed by atoms with Crippen LogP contribution in [-0.4, -0.2) is 54.5 Å². The average molecular weight is 397 g/mol. The quantitative estimate of drug-likeness (QED) is 0.556. The third-order valence-corrected chi connectivity index (χ3v) is 4.23. The lowest BCUT2D eigenvalue weighted by atomic mass is 10.1. The second-order valence-corrected chi connectivity index (χ2v) is 6.03. The van der Waals surface area contributed by atoms with Crippen LogP contribution in [0.5, 0.6) is 0 Å². The van der Waals surface area contributed by atoms with Crippen molar-refractivity contribution in [3.05, 3.63) is 39.5 Å². The molecule has 0 bridgehead atoms. The maximum atomic E-state index is 12.4. The minimum atomic E-state index is -0.606. The van der Waals surface area contributed by atoms with Gasteiger partial charge in [-0.15, -0.1) is 0 Å². The molecule has 128 valence electrons. The topological polar surface area (TPSA) is 95.9 Å². The van der Waals surface area contributed by atoms with Gasteiger partial charge in [0.2, 0.25) is 0 Å². The number of hydrogen-bond acceptors (Lipinski definition) is 6. The number of β-amino-alcohol motifs (C(OH)–C–C–N with tert-alkyl or cyclic N) is 1. The first-order chi connectivity index (χ1) is 11.4. The number of halogens is 1. The van der Waals surface area contributed by atoms with E-state index in [0.717, 1.165) is 0 Å². The highest BCUT2D eigenvalue weighted by molar-refractivity contribution is 9.10. The minimum Gasteiger partial charge on any atom is -0.466 e. The number of anilines is 1. The van der Waals surface area contributed by atoms with Crippen molar-refractivity contribution in [1.29, 1.82) is 0 Å². The fourth-order valence-corrected chi connectivity index (χ4v) is 3.03. The number of aliphatic hydroxyl groups excluding tert-OH is 1. The molecule has 1 aromatic rings. The molecule has 0 aliphatic carbocycles. The zero-order chi connectivity index (χ0) is 17.9. The monoisotopic (exact) mass is 396 g/mol. The first-order valence-corrected chi connectivity index (χ1v) is 7.97. The predicted molar refractivity (Wildman–Crippen MR) is 90.5 cm³/mol.